The summed E-state index contributed by atoms with van der Waals surface area (Å²) in [4.78, 5) is 34.5. The van der Waals surface area contributed by atoms with Gasteiger partial charge in [-0.25, -0.2) is 0 Å². The van der Waals surface area contributed by atoms with Crippen LogP contribution < -0.4 is 10.6 Å². The maximum atomic E-state index is 12.0. The lowest BCUT2D eigenvalue weighted by Crippen LogP contribution is -2.47. The van der Waals surface area contributed by atoms with Gasteiger partial charge in [-0.05, 0) is 33.1 Å². The molecule has 0 saturated heterocycles. The summed E-state index contributed by atoms with van der Waals surface area (Å²) in [6.45, 7) is 3.95. The molecule has 0 aromatic heterocycles. The zero-order valence-corrected chi connectivity index (χ0v) is 11.4. The molecule has 1 rings (SSSR count). The van der Waals surface area contributed by atoms with E-state index in [9.17, 15) is 14.4 Å². The SMILES string of the molecule is CCNC(=O)C(C)NC(=O)C1CCCC(C(=O)O)C1. The smallest absolute Gasteiger partial charge is 0.306 e. The Balaban J connectivity index is 2.48. The van der Waals surface area contributed by atoms with Crippen LogP contribution in [-0.2, 0) is 14.4 Å². The first-order valence-electron chi connectivity index (χ1n) is 6.76. The zero-order valence-electron chi connectivity index (χ0n) is 11.4. The highest BCUT2D eigenvalue weighted by Crippen LogP contribution is 2.29. The lowest BCUT2D eigenvalue weighted by atomic mass is 9.81. The van der Waals surface area contributed by atoms with Crippen LogP contribution in [0.3, 0.4) is 0 Å². The van der Waals surface area contributed by atoms with E-state index in [-0.39, 0.29) is 17.7 Å². The number of hydrogen-bond acceptors (Lipinski definition) is 3. The van der Waals surface area contributed by atoms with Gasteiger partial charge in [-0.3, -0.25) is 14.4 Å². The highest BCUT2D eigenvalue weighted by molar-refractivity contribution is 5.88. The van der Waals surface area contributed by atoms with E-state index in [2.05, 4.69) is 10.6 Å². The first kappa shape index (κ1) is 15.5. The number of rotatable bonds is 5. The van der Waals surface area contributed by atoms with Crippen LogP contribution in [0.15, 0.2) is 0 Å². The monoisotopic (exact) mass is 270 g/mol. The molecule has 0 heterocycles. The second kappa shape index (κ2) is 7.11. The minimum absolute atomic E-state index is 0.218. The molecule has 1 aliphatic rings. The third-order valence-electron chi connectivity index (χ3n) is 3.50. The Kier molecular flexibility index (Phi) is 5.79. The van der Waals surface area contributed by atoms with Crippen molar-refractivity contribution < 1.29 is 19.5 Å². The molecule has 1 saturated carbocycles. The number of carboxylic acid groups (broad SMARTS) is 1. The van der Waals surface area contributed by atoms with Gasteiger partial charge < -0.3 is 15.7 Å². The fourth-order valence-electron chi connectivity index (χ4n) is 2.38. The van der Waals surface area contributed by atoms with E-state index in [0.29, 0.717) is 25.8 Å². The second-order valence-corrected chi connectivity index (χ2v) is 5.02. The molecular formula is C13H22N2O4. The van der Waals surface area contributed by atoms with Gasteiger partial charge in [-0.15, -0.1) is 0 Å². The third kappa shape index (κ3) is 4.54. The minimum atomic E-state index is -0.839. The quantitative estimate of drug-likeness (QED) is 0.678. The average Bonchev–Trinajstić information content (AvgIpc) is 2.39. The molecule has 6 heteroatoms. The minimum Gasteiger partial charge on any atom is -0.481 e. The molecule has 2 amide bonds. The average molecular weight is 270 g/mol. The largest absolute Gasteiger partial charge is 0.481 e. The zero-order chi connectivity index (χ0) is 14.4. The first-order chi connectivity index (χ1) is 8.95. The number of carboxylic acids is 1. The molecule has 3 atom stereocenters. The molecule has 108 valence electrons. The molecule has 6 nitrogen and oxygen atoms in total. The van der Waals surface area contributed by atoms with Gasteiger partial charge in [0.1, 0.15) is 6.04 Å². The van der Waals surface area contributed by atoms with Crippen molar-refractivity contribution in [3.63, 3.8) is 0 Å². The van der Waals surface area contributed by atoms with Gasteiger partial charge in [0.2, 0.25) is 11.8 Å². The van der Waals surface area contributed by atoms with Crippen molar-refractivity contribution in [3.05, 3.63) is 0 Å². The van der Waals surface area contributed by atoms with Crippen LogP contribution in [0.25, 0.3) is 0 Å². The van der Waals surface area contributed by atoms with E-state index in [1.165, 1.54) is 0 Å². The Hall–Kier alpha value is -1.59. The Labute approximate surface area is 112 Å². The lowest BCUT2D eigenvalue weighted by molar-refractivity contribution is -0.144. The number of hydrogen-bond donors (Lipinski definition) is 3. The molecule has 0 bridgehead atoms. The van der Waals surface area contributed by atoms with Crippen molar-refractivity contribution in [2.75, 3.05) is 6.54 Å². The van der Waals surface area contributed by atoms with Gasteiger partial charge >= 0.3 is 5.97 Å². The van der Waals surface area contributed by atoms with Crippen LogP contribution in [0.2, 0.25) is 0 Å². The summed E-state index contributed by atoms with van der Waals surface area (Å²) in [5, 5.41) is 14.3. The highest BCUT2D eigenvalue weighted by Gasteiger charge is 2.31. The third-order valence-corrected chi connectivity index (χ3v) is 3.50. The molecule has 1 aliphatic carbocycles. The van der Waals surface area contributed by atoms with E-state index in [1.54, 1.807) is 6.92 Å². The van der Waals surface area contributed by atoms with Gasteiger partial charge in [0.05, 0.1) is 5.92 Å². The summed E-state index contributed by atoms with van der Waals surface area (Å²) in [6.07, 6.45) is 2.43. The Morgan fingerprint density at radius 2 is 1.89 bits per heavy atom. The van der Waals surface area contributed by atoms with E-state index in [1.807, 2.05) is 6.92 Å². The van der Waals surface area contributed by atoms with Crippen molar-refractivity contribution in [1.29, 1.82) is 0 Å². The van der Waals surface area contributed by atoms with Crippen molar-refractivity contribution in [1.82, 2.24) is 10.6 Å². The number of amides is 2. The molecule has 0 radical (unpaired) electrons. The maximum absolute atomic E-state index is 12.0. The topological polar surface area (TPSA) is 95.5 Å². The van der Waals surface area contributed by atoms with Crippen LogP contribution in [0.4, 0.5) is 0 Å². The van der Waals surface area contributed by atoms with E-state index in [0.717, 1.165) is 6.42 Å². The number of carbonyl (C=O) groups is 3. The lowest BCUT2D eigenvalue weighted by Gasteiger charge is -2.26. The van der Waals surface area contributed by atoms with Gasteiger partial charge in [0.25, 0.3) is 0 Å². The predicted octanol–water partition coefficient (Wildman–Crippen LogP) is 0.518. The van der Waals surface area contributed by atoms with Crippen molar-refractivity contribution in [3.8, 4) is 0 Å². The number of carbonyl (C=O) groups excluding carboxylic acids is 2. The normalized spacial score (nSPS) is 24.3. The first-order valence-corrected chi connectivity index (χ1v) is 6.76. The Bertz CT molecular complexity index is 357. The van der Waals surface area contributed by atoms with Crippen LogP contribution in [0, 0.1) is 11.8 Å². The van der Waals surface area contributed by atoms with Gasteiger partial charge in [0.15, 0.2) is 0 Å². The fourth-order valence-corrected chi connectivity index (χ4v) is 2.38. The summed E-state index contributed by atoms with van der Waals surface area (Å²) >= 11 is 0. The molecule has 19 heavy (non-hydrogen) atoms. The molecule has 1 fully saturated rings. The molecule has 0 aromatic rings. The summed E-state index contributed by atoms with van der Waals surface area (Å²) < 4.78 is 0. The van der Waals surface area contributed by atoms with Crippen molar-refractivity contribution >= 4 is 17.8 Å². The predicted molar refractivity (Wildman–Crippen MR) is 69.4 cm³/mol. The van der Waals surface area contributed by atoms with Gasteiger partial charge in [0, 0.05) is 12.5 Å². The molecule has 3 unspecified atom stereocenters. The fraction of sp³-hybridized carbons (Fsp3) is 0.769. The van der Waals surface area contributed by atoms with Crippen LogP contribution in [0.5, 0.6) is 0 Å². The van der Waals surface area contributed by atoms with E-state index in [4.69, 9.17) is 5.11 Å². The Morgan fingerprint density at radius 1 is 1.26 bits per heavy atom. The molecule has 0 aromatic carbocycles. The highest BCUT2D eigenvalue weighted by atomic mass is 16.4. The van der Waals surface area contributed by atoms with Crippen molar-refractivity contribution in [2.45, 2.75) is 45.6 Å². The number of aliphatic carboxylic acids is 1. The maximum Gasteiger partial charge on any atom is 0.306 e. The summed E-state index contributed by atoms with van der Waals surface area (Å²) in [5.41, 5.74) is 0. The van der Waals surface area contributed by atoms with E-state index >= 15 is 0 Å². The van der Waals surface area contributed by atoms with E-state index < -0.39 is 17.9 Å². The molecule has 3 N–H and O–H groups in total. The molecule has 0 aliphatic heterocycles. The van der Waals surface area contributed by atoms with Crippen LogP contribution >= 0.6 is 0 Å². The number of likely N-dealkylation sites (N-methyl/N-ethyl adjacent to an activating group) is 1. The molecule has 0 spiro atoms. The number of nitrogens with one attached hydrogen (secondary N) is 2. The van der Waals surface area contributed by atoms with Crippen molar-refractivity contribution in [2.24, 2.45) is 11.8 Å². The van der Waals surface area contributed by atoms with Gasteiger partial charge in [-0.1, -0.05) is 6.42 Å². The standard InChI is InChI=1S/C13H22N2O4/c1-3-14-11(16)8(2)15-12(17)9-5-4-6-10(7-9)13(18)19/h8-10H,3-7H2,1-2H3,(H,14,16)(H,15,17)(H,18,19). The Morgan fingerprint density at radius 3 is 2.47 bits per heavy atom. The summed E-state index contributed by atoms with van der Waals surface area (Å²) in [5.74, 6) is -2.02. The molecular weight excluding hydrogens is 248 g/mol. The van der Waals surface area contributed by atoms with Crippen LogP contribution in [0.1, 0.15) is 39.5 Å². The van der Waals surface area contributed by atoms with Crippen LogP contribution in [-0.4, -0.2) is 35.5 Å². The van der Waals surface area contributed by atoms with Gasteiger partial charge in [-0.2, -0.15) is 0 Å². The summed E-state index contributed by atoms with van der Waals surface area (Å²) in [7, 11) is 0. The second-order valence-electron chi connectivity index (χ2n) is 5.02. The summed E-state index contributed by atoms with van der Waals surface area (Å²) in [6, 6.07) is -0.586.